The van der Waals surface area contributed by atoms with Crippen molar-refractivity contribution in [2.45, 2.75) is 16.7 Å². The van der Waals surface area contributed by atoms with Crippen LogP contribution in [-0.4, -0.2) is 62.1 Å². The Balaban J connectivity index is 1.55. The number of carbonyl (C=O) groups is 1. The Morgan fingerprint density at radius 1 is 1.07 bits per heavy atom. The molecule has 1 aromatic carbocycles. The zero-order valence-electron chi connectivity index (χ0n) is 15.6. The molecule has 0 unspecified atom stereocenters. The van der Waals surface area contributed by atoms with Crippen molar-refractivity contribution in [2.24, 2.45) is 0 Å². The molecule has 7 nitrogen and oxygen atoms in total. The molecule has 0 spiro atoms. The quantitative estimate of drug-likeness (QED) is 0.760. The van der Waals surface area contributed by atoms with E-state index in [1.165, 1.54) is 11.2 Å². The normalized spacial score (nSPS) is 18.0. The molecule has 148 valence electrons. The van der Waals surface area contributed by atoms with E-state index in [0.29, 0.717) is 38.4 Å². The van der Waals surface area contributed by atoms with Gasteiger partial charge in [-0.2, -0.15) is 4.31 Å². The van der Waals surface area contributed by atoms with Crippen LogP contribution in [0.4, 0.5) is 11.5 Å². The highest BCUT2D eigenvalue weighted by Gasteiger charge is 2.31. The molecule has 2 aliphatic rings. The molecule has 3 heterocycles. The second-order valence-corrected chi connectivity index (χ2v) is 9.80. The second kappa shape index (κ2) is 7.73. The van der Waals surface area contributed by atoms with Crippen molar-refractivity contribution < 1.29 is 13.2 Å². The van der Waals surface area contributed by atoms with Gasteiger partial charge < -0.3 is 9.80 Å². The Hall–Kier alpha value is -2.10. The third kappa shape index (κ3) is 3.61. The van der Waals surface area contributed by atoms with Crippen LogP contribution >= 0.6 is 11.8 Å². The van der Waals surface area contributed by atoms with Gasteiger partial charge in [-0.05, 0) is 30.3 Å². The monoisotopic (exact) mass is 418 g/mol. The van der Waals surface area contributed by atoms with Gasteiger partial charge in [0.1, 0.15) is 5.82 Å². The van der Waals surface area contributed by atoms with E-state index >= 15 is 0 Å². The number of benzene rings is 1. The van der Waals surface area contributed by atoms with Crippen LogP contribution in [0.15, 0.2) is 52.4 Å². The summed E-state index contributed by atoms with van der Waals surface area (Å²) in [5.74, 6) is 1.61. The van der Waals surface area contributed by atoms with Crippen molar-refractivity contribution in [1.29, 1.82) is 0 Å². The molecule has 2 aromatic rings. The van der Waals surface area contributed by atoms with Crippen LogP contribution < -0.4 is 9.80 Å². The van der Waals surface area contributed by atoms with E-state index in [1.807, 2.05) is 24.3 Å². The van der Waals surface area contributed by atoms with Crippen LogP contribution in [0.2, 0.25) is 0 Å². The molecule has 0 atom stereocenters. The molecule has 28 heavy (non-hydrogen) atoms. The van der Waals surface area contributed by atoms with Gasteiger partial charge in [0.05, 0.1) is 10.6 Å². The first-order chi connectivity index (χ1) is 13.5. The summed E-state index contributed by atoms with van der Waals surface area (Å²) in [6.07, 6.45) is 1.74. The molecule has 0 N–H and O–H groups in total. The van der Waals surface area contributed by atoms with E-state index in [2.05, 4.69) is 9.88 Å². The molecule has 1 saturated heterocycles. The van der Waals surface area contributed by atoms with Gasteiger partial charge in [0, 0.05) is 56.5 Å². The summed E-state index contributed by atoms with van der Waals surface area (Å²) in [6, 6.07) is 10.8. The standard InChI is InChI=1S/C19H22N4O3S2/c1-15(24)23-12-13-27-18-6-5-16(14-17(18)23)28(25,26)22-10-8-21(9-11-22)19-4-2-3-7-20-19/h2-7,14H,8-13H2,1H3. The summed E-state index contributed by atoms with van der Waals surface area (Å²) in [7, 11) is -3.61. The van der Waals surface area contributed by atoms with Crippen molar-refractivity contribution in [3.63, 3.8) is 0 Å². The molecule has 1 fully saturated rings. The van der Waals surface area contributed by atoms with E-state index in [0.717, 1.165) is 16.5 Å². The largest absolute Gasteiger partial charge is 0.354 e. The smallest absolute Gasteiger partial charge is 0.243 e. The van der Waals surface area contributed by atoms with E-state index in [9.17, 15) is 13.2 Å². The molecule has 0 bridgehead atoms. The highest BCUT2D eigenvalue weighted by Crippen LogP contribution is 2.37. The van der Waals surface area contributed by atoms with Crippen LogP contribution in [0.5, 0.6) is 0 Å². The molecule has 4 rings (SSSR count). The SMILES string of the molecule is CC(=O)N1CCSc2ccc(S(=O)(=O)N3CCN(c4ccccn4)CC3)cc21. The van der Waals surface area contributed by atoms with E-state index in [-0.39, 0.29) is 10.8 Å². The molecular weight excluding hydrogens is 396 g/mol. The highest BCUT2D eigenvalue weighted by molar-refractivity contribution is 7.99. The zero-order valence-corrected chi connectivity index (χ0v) is 17.2. The van der Waals surface area contributed by atoms with Crippen molar-refractivity contribution in [3.05, 3.63) is 42.6 Å². The summed E-state index contributed by atoms with van der Waals surface area (Å²) in [6.45, 7) is 4.10. The molecule has 9 heteroatoms. The maximum atomic E-state index is 13.2. The number of aromatic nitrogens is 1. The van der Waals surface area contributed by atoms with Crippen LogP contribution in [-0.2, 0) is 14.8 Å². The minimum atomic E-state index is -3.61. The van der Waals surface area contributed by atoms with Crippen LogP contribution in [0.1, 0.15) is 6.92 Å². The topological polar surface area (TPSA) is 73.8 Å². The van der Waals surface area contributed by atoms with Gasteiger partial charge in [-0.15, -0.1) is 11.8 Å². The number of sulfonamides is 1. The number of nitrogens with zero attached hydrogens (tertiary/aromatic N) is 4. The summed E-state index contributed by atoms with van der Waals surface area (Å²) >= 11 is 1.65. The minimum Gasteiger partial charge on any atom is -0.354 e. The maximum absolute atomic E-state index is 13.2. The number of anilines is 2. The Kier molecular flexibility index (Phi) is 5.31. The predicted molar refractivity (Wildman–Crippen MR) is 110 cm³/mol. The first kappa shape index (κ1) is 19.2. The first-order valence-corrected chi connectivity index (χ1v) is 11.6. The molecule has 0 saturated carbocycles. The van der Waals surface area contributed by atoms with Gasteiger partial charge in [0.2, 0.25) is 15.9 Å². The summed E-state index contributed by atoms with van der Waals surface area (Å²) < 4.78 is 27.9. The van der Waals surface area contributed by atoms with Crippen molar-refractivity contribution in [2.75, 3.05) is 48.3 Å². The van der Waals surface area contributed by atoms with Crippen molar-refractivity contribution in [3.8, 4) is 0 Å². The number of piperazine rings is 1. The average Bonchev–Trinajstić information content (AvgIpc) is 2.73. The summed E-state index contributed by atoms with van der Waals surface area (Å²) in [4.78, 5) is 21.2. The number of rotatable bonds is 3. The average molecular weight is 419 g/mol. The van der Waals surface area contributed by atoms with Gasteiger partial charge in [0.25, 0.3) is 0 Å². The zero-order chi connectivity index (χ0) is 19.7. The van der Waals surface area contributed by atoms with Crippen LogP contribution in [0, 0.1) is 0 Å². The molecule has 0 aliphatic carbocycles. The lowest BCUT2D eigenvalue weighted by Gasteiger charge is -2.35. The Labute approximate surface area is 169 Å². The maximum Gasteiger partial charge on any atom is 0.243 e. The molecular formula is C19H22N4O3S2. The van der Waals surface area contributed by atoms with Gasteiger partial charge in [-0.3, -0.25) is 4.79 Å². The summed E-state index contributed by atoms with van der Waals surface area (Å²) in [5, 5.41) is 0. The number of fused-ring (bicyclic) bond motifs is 1. The minimum absolute atomic E-state index is 0.0694. The fourth-order valence-corrected chi connectivity index (χ4v) is 5.95. The van der Waals surface area contributed by atoms with Crippen molar-refractivity contribution >= 4 is 39.2 Å². The molecule has 1 aromatic heterocycles. The second-order valence-electron chi connectivity index (χ2n) is 6.73. The van der Waals surface area contributed by atoms with E-state index < -0.39 is 10.0 Å². The van der Waals surface area contributed by atoms with Crippen LogP contribution in [0.25, 0.3) is 0 Å². The lowest BCUT2D eigenvalue weighted by Crippen LogP contribution is -2.49. The third-order valence-corrected chi connectivity index (χ3v) is 7.96. The Morgan fingerprint density at radius 3 is 2.54 bits per heavy atom. The number of hydrogen-bond acceptors (Lipinski definition) is 6. The number of carbonyl (C=O) groups excluding carboxylic acids is 1. The lowest BCUT2D eigenvalue weighted by molar-refractivity contribution is -0.116. The highest BCUT2D eigenvalue weighted by atomic mass is 32.2. The van der Waals surface area contributed by atoms with E-state index in [4.69, 9.17) is 0 Å². The van der Waals surface area contributed by atoms with Crippen molar-refractivity contribution in [1.82, 2.24) is 9.29 Å². The third-order valence-electron chi connectivity index (χ3n) is 5.02. The molecule has 2 aliphatic heterocycles. The fourth-order valence-electron chi connectivity index (χ4n) is 3.53. The Bertz CT molecular complexity index is 974. The van der Waals surface area contributed by atoms with Gasteiger partial charge in [0.15, 0.2) is 0 Å². The number of hydrogen-bond donors (Lipinski definition) is 0. The number of thioether (sulfide) groups is 1. The van der Waals surface area contributed by atoms with Gasteiger partial charge in [-0.25, -0.2) is 13.4 Å². The first-order valence-electron chi connectivity index (χ1n) is 9.18. The summed E-state index contributed by atoms with van der Waals surface area (Å²) in [5.41, 5.74) is 0.692. The molecule has 1 amide bonds. The lowest BCUT2D eigenvalue weighted by atomic mass is 10.2. The number of amides is 1. The van der Waals surface area contributed by atoms with Gasteiger partial charge in [-0.1, -0.05) is 6.07 Å². The predicted octanol–water partition coefficient (Wildman–Crippen LogP) is 2.05. The van der Waals surface area contributed by atoms with E-state index in [1.54, 1.807) is 35.0 Å². The fraction of sp³-hybridized carbons (Fsp3) is 0.368. The molecule has 0 radical (unpaired) electrons. The van der Waals surface area contributed by atoms with Gasteiger partial charge >= 0.3 is 0 Å². The van der Waals surface area contributed by atoms with Crippen LogP contribution in [0.3, 0.4) is 0 Å². The number of pyridine rings is 1. The Morgan fingerprint density at radius 2 is 1.86 bits per heavy atom.